The van der Waals surface area contributed by atoms with E-state index in [1.165, 1.54) is 38.5 Å². The summed E-state index contributed by atoms with van der Waals surface area (Å²) in [6, 6.07) is 0.162. The molecule has 4 amide bonds. The summed E-state index contributed by atoms with van der Waals surface area (Å²) in [5.74, 6) is 0. The molecule has 0 N–H and O–H groups in total. The summed E-state index contributed by atoms with van der Waals surface area (Å²) in [5.41, 5.74) is 0. The lowest BCUT2D eigenvalue weighted by atomic mass is 10.1. The van der Waals surface area contributed by atoms with E-state index in [2.05, 4.69) is 9.80 Å². The Hall–Kier alpha value is -1.54. The van der Waals surface area contributed by atoms with Crippen molar-refractivity contribution in [3.05, 3.63) is 0 Å². The van der Waals surface area contributed by atoms with E-state index in [0.29, 0.717) is 26.4 Å². The average molecular weight is 393 g/mol. The van der Waals surface area contributed by atoms with E-state index < -0.39 is 0 Å². The molecule has 0 bridgehead atoms. The van der Waals surface area contributed by atoms with Gasteiger partial charge in [0, 0.05) is 13.1 Å². The second-order valence-corrected chi connectivity index (χ2v) is 8.54. The fourth-order valence-electron chi connectivity index (χ4n) is 5.33. The quantitative estimate of drug-likeness (QED) is 0.694. The lowest BCUT2D eigenvalue weighted by Crippen LogP contribution is -2.51. The van der Waals surface area contributed by atoms with Gasteiger partial charge < -0.3 is 9.80 Å². The Morgan fingerprint density at radius 3 is 1.29 bits per heavy atom. The van der Waals surface area contributed by atoms with Crippen molar-refractivity contribution in [2.75, 3.05) is 52.6 Å². The Morgan fingerprint density at radius 2 is 0.964 bits per heavy atom. The molecule has 8 heteroatoms. The summed E-state index contributed by atoms with van der Waals surface area (Å²) in [4.78, 5) is 39.0. The number of piperidine rings is 2. The zero-order valence-electron chi connectivity index (χ0n) is 17.6. The van der Waals surface area contributed by atoms with Gasteiger partial charge in [-0.05, 0) is 65.7 Å². The molecule has 0 aromatic rings. The highest BCUT2D eigenvalue weighted by atomic mass is 16.2. The zero-order chi connectivity index (χ0) is 19.7. The largest absolute Gasteiger partial charge is 0.324 e. The van der Waals surface area contributed by atoms with Gasteiger partial charge in [0.2, 0.25) is 0 Å². The smallest absolute Gasteiger partial charge is 0.300 e. The second-order valence-electron chi connectivity index (χ2n) is 8.54. The SMILES string of the molecule is CCN1C(=O)N(CN2CCCCC2)C2C1N(CN1CCCCC1)C(=O)N2CC. The summed E-state index contributed by atoms with van der Waals surface area (Å²) < 4.78 is 0. The average Bonchev–Trinajstić information content (AvgIpc) is 3.14. The molecule has 8 nitrogen and oxygen atoms in total. The van der Waals surface area contributed by atoms with Crippen LogP contribution in [-0.4, -0.2) is 106 Å². The number of fused-ring (bicyclic) bond motifs is 1. The van der Waals surface area contributed by atoms with Crippen LogP contribution in [-0.2, 0) is 0 Å². The molecule has 4 fully saturated rings. The minimum atomic E-state index is -0.170. The number of likely N-dealkylation sites (N-methyl/N-ethyl adjacent to an activating group) is 2. The van der Waals surface area contributed by atoms with Gasteiger partial charge in [-0.15, -0.1) is 0 Å². The van der Waals surface area contributed by atoms with Crippen molar-refractivity contribution >= 4 is 12.1 Å². The fourth-order valence-corrected chi connectivity index (χ4v) is 5.33. The van der Waals surface area contributed by atoms with Crippen LogP contribution in [0.4, 0.5) is 9.59 Å². The molecule has 2 unspecified atom stereocenters. The van der Waals surface area contributed by atoms with E-state index in [4.69, 9.17) is 0 Å². The van der Waals surface area contributed by atoms with Crippen molar-refractivity contribution in [1.82, 2.24) is 29.4 Å². The minimum absolute atomic E-state index is 0.0812. The number of hydrogen-bond acceptors (Lipinski definition) is 4. The molecule has 0 spiro atoms. The van der Waals surface area contributed by atoms with Crippen molar-refractivity contribution in [3.63, 3.8) is 0 Å². The van der Waals surface area contributed by atoms with Gasteiger partial charge in [-0.2, -0.15) is 0 Å². The van der Waals surface area contributed by atoms with E-state index in [-0.39, 0.29) is 24.4 Å². The molecule has 0 aliphatic carbocycles. The lowest BCUT2D eigenvalue weighted by Gasteiger charge is -2.35. The van der Waals surface area contributed by atoms with Gasteiger partial charge in [0.25, 0.3) is 0 Å². The van der Waals surface area contributed by atoms with Crippen molar-refractivity contribution < 1.29 is 9.59 Å². The van der Waals surface area contributed by atoms with Crippen LogP contribution in [0.15, 0.2) is 0 Å². The summed E-state index contributed by atoms with van der Waals surface area (Å²) in [6.07, 6.45) is 7.02. The molecule has 4 aliphatic heterocycles. The summed E-state index contributed by atoms with van der Waals surface area (Å²) >= 11 is 0. The first-order valence-electron chi connectivity index (χ1n) is 11.2. The zero-order valence-corrected chi connectivity index (χ0v) is 17.6. The Balaban J connectivity index is 1.56. The summed E-state index contributed by atoms with van der Waals surface area (Å²) in [6.45, 7) is 10.8. The van der Waals surface area contributed by atoms with Gasteiger partial charge in [-0.25, -0.2) is 9.59 Å². The topological polar surface area (TPSA) is 53.6 Å². The molecule has 158 valence electrons. The van der Waals surface area contributed by atoms with Crippen LogP contribution in [0.5, 0.6) is 0 Å². The molecule has 2 atom stereocenters. The predicted molar refractivity (Wildman–Crippen MR) is 107 cm³/mol. The lowest BCUT2D eigenvalue weighted by molar-refractivity contribution is 0.0610. The molecule has 0 saturated carbocycles. The first-order chi connectivity index (χ1) is 13.7. The molecule has 28 heavy (non-hydrogen) atoms. The van der Waals surface area contributed by atoms with E-state index in [1.54, 1.807) is 0 Å². The number of nitrogens with zero attached hydrogens (tertiary/aromatic N) is 6. The molecule has 4 rings (SSSR count). The highest BCUT2D eigenvalue weighted by Gasteiger charge is 2.58. The Labute approximate surface area is 169 Å². The number of rotatable bonds is 6. The van der Waals surface area contributed by atoms with Gasteiger partial charge in [0.15, 0.2) is 12.3 Å². The van der Waals surface area contributed by atoms with Gasteiger partial charge in [-0.3, -0.25) is 19.6 Å². The van der Waals surface area contributed by atoms with Crippen LogP contribution in [0.1, 0.15) is 52.4 Å². The second kappa shape index (κ2) is 8.45. The van der Waals surface area contributed by atoms with Crippen LogP contribution in [0.3, 0.4) is 0 Å². The van der Waals surface area contributed by atoms with Crippen molar-refractivity contribution in [1.29, 1.82) is 0 Å². The summed E-state index contributed by atoms with van der Waals surface area (Å²) in [5, 5.41) is 0. The number of hydrogen-bond donors (Lipinski definition) is 0. The fraction of sp³-hybridized carbons (Fsp3) is 0.900. The maximum Gasteiger partial charge on any atom is 0.324 e. The third kappa shape index (κ3) is 3.45. The number of likely N-dealkylation sites (tertiary alicyclic amines) is 2. The Morgan fingerprint density at radius 1 is 0.607 bits per heavy atom. The molecular formula is C20H36N6O2. The molecule has 4 aliphatic rings. The van der Waals surface area contributed by atoms with Crippen LogP contribution >= 0.6 is 0 Å². The van der Waals surface area contributed by atoms with Crippen molar-refractivity contribution in [3.8, 4) is 0 Å². The molecule has 0 aromatic carbocycles. The van der Waals surface area contributed by atoms with Crippen LogP contribution in [0.2, 0.25) is 0 Å². The molecule has 4 heterocycles. The summed E-state index contributed by atoms with van der Waals surface area (Å²) in [7, 11) is 0. The molecular weight excluding hydrogens is 356 g/mol. The van der Waals surface area contributed by atoms with Crippen molar-refractivity contribution in [2.45, 2.75) is 64.7 Å². The predicted octanol–water partition coefficient (Wildman–Crippen LogP) is 2.04. The van der Waals surface area contributed by atoms with Crippen molar-refractivity contribution in [2.24, 2.45) is 0 Å². The maximum absolute atomic E-state index is 13.3. The maximum atomic E-state index is 13.3. The van der Waals surface area contributed by atoms with Gasteiger partial charge in [-0.1, -0.05) is 12.8 Å². The number of amides is 4. The first-order valence-corrected chi connectivity index (χ1v) is 11.2. The minimum Gasteiger partial charge on any atom is -0.300 e. The van der Waals surface area contributed by atoms with Crippen LogP contribution < -0.4 is 0 Å². The van der Waals surface area contributed by atoms with Crippen LogP contribution in [0, 0.1) is 0 Å². The Bertz CT molecular complexity index is 525. The van der Waals surface area contributed by atoms with E-state index >= 15 is 0 Å². The Kier molecular flexibility index (Phi) is 5.96. The van der Waals surface area contributed by atoms with E-state index in [9.17, 15) is 9.59 Å². The number of carbonyl (C=O) groups is 2. The van der Waals surface area contributed by atoms with Gasteiger partial charge in [0.1, 0.15) is 0 Å². The molecule has 4 saturated heterocycles. The molecule has 0 radical (unpaired) electrons. The third-order valence-corrected chi connectivity index (χ3v) is 6.81. The van der Waals surface area contributed by atoms with E-state index in [0.717, 1.165) is 26.2 Å². The third-order valence-electron chi connectivity index (χ3n) is 6.81. The normalized spacial score (nSPS) is 29.9. The van der Waals surface area contributed by atoms with E-state index in [1.807, 2.05) is 33.4 Å². The van der Waals surface area contributed by atoms with Gasteiger partial charge >= 0.3 is 12.1 Å². The monoisotopic (exact) mass is 392 g/mol. The van der Waals surface area contributed by atoms with Crippen LogP contribution in [0.25, 0.3) is 0 Å². The highest BCUT2D eigenvalue weighted by molar-refractivity contribution is 5.85. The first kappa shape index (κ1) is 19.8. The number of carbonyl (C=O) groups excluding carboxylic acids is 2. The molecule has 0 aromatic heterocycles. The van der Waals surface area contributed by atoms with Gasteiger partial charge in [0.05, 0.1) is 13.3 Å². The standard InChI is InChI=1S/C20H36N6O2/c1-3-23-17-18(26(19(23)27)16-22-13-9-6-10-14-22)24(4-2)20(28)25(17)15-21-11-7-5-8-12-21/h17-18H,3-16H2,1-2H3. The highest BCUT2D eigenvalue weighted by Crippen LogP contribution is 2.35. The number of urea groups is 2.